The summed E-state index contributed by atoms with van der Waals surface area (Å²) in [6.07, 6.45) is -1.75. The lowest BCUT2D eigenvalue weighted by molar-refractivity contribution is -0.138. The molecule has 0 aliphatic carbocycles. The van der Waals surface area contributed by atoms with Gasteiger partial charge in [-0.2, -0.15) is 13.2 Å². The van der Waals surface area contributed by atoms with Crippen molar-refractivity contribution in [3.05, 3.63) is 47.3 Å². The van der Waals surface area contributed by atoms with Gasteiger partial charge in [0.05, 0.1) is 11.3 Å². The summed E-state index contributed by atoms with van der Waals surface area (Å²) in [5.41, 5.74) is 6.11. The molecule has 140 valence electrons. The van der Waals surface area contributed by atoms with Crippen molar-refractivity contribution in [2.24, 2.45) is 0 Å². The number of alkyl halides is 3. The van der Waals surface area contributed by atoms with Crippen LogP contribution in [0.4, 0.5) is 24.8 Å². The van der Waals surface area contributed by atoms with Crippen molar-refractivity contribution < 1.29 is 13.2 Å². The predicted molar refractivity (Wildman–Crippen MR) is 94.9 cm³/mol. The fourth-order valence-corrected chi connectivity index (χ4v) is 3.22. The van der Waals surface area contributed by atoms with E-state index in [1.165, 1.54) is 0 Å². The molecule has 26 heavy (non-hydrogen) atoms. The first-order chi connectivity index (χ1) is 12.4. The zero-order valence-electron chi connectivity index (χ0n) is 14.5. The summed E-state index contributed by atoms with van der Waals surface area (Å²) in [6.45, 7) is 3.36. The molecular weight excluding hydrogens is 343 g/mol. The second-order valence-electron chi connectivity index (χ2n) is 6.53. The van der Waals surface area contributed by atoms with Crippen molar-refractivity contribution in [2.75, 3.05) is 24.1 Å². The van der Waals surface area contributed by atoms with Crippen LogP contribution in [0.2, 0.25) is 0 Å². The summed E-state index contributed by atoms with van der Waals surface area (Å²) in [4.78, 5) is 8.12. The van der Waals surface area contributed by atoms with E-state index in [0.29, 0.717) is 11.3 Å². The minimum Gasteiger partial charge on any atom is -0.398 e. The summed E-state index contributed by atoms with van der Waals surface area (Å²) < 4.78 is 40.4. The number of hydrogen-bond acceptors (Lipinski definition) is 5. The van der Waals surface area contributed by atoms with E-state index in [1.54, 1.807) is 31.2 Å². The molecule has 0 saturated carbocycles. The average molecular weight is 365 g/mol. The molecule has 5 nitrogen and oxygen atoms in total. The van der Waals surface area contributed by atoms with Gasteiger partial charge in [-0.1, -0.05) is 25.1 Å². The molecule has 2 unspecified atom stereocenters. The molecule has 8 heteroatoms. The second kappa shape index (κ2) is 7.49. The Labute approximate surface area is 150 Å². The molecule has 1 saturated heterocycles. The summed E-state index contributed by atoms with van der Waals surface area (Å²) in [7, 11) is 0. The Bertz CT molecular complexity index is 757. The number of nitrogens with zero attached hydrogens (tertiary/aromatic N) is 2. The number of anilines is 2. The smallest absolute Gasteiger partial charge is 0.398 e. The third-order valence-corrected chi connectivity index (χ3v) is 4.63. The van der Waals surface area contributed by atoms with E-state index in [2.05, 4.69) is 20.6 Å². The van der Waals surface area contributed by atoms with Crippen LogP contribution in [-0.4, -0.2) is 29.1 Å². The lowest BCUT2D eigenvalue weighted by atomic mass is 9.93. The minimum atomic E-state index is -4.53. The zero-order chi connectivity index (χ0) is 18.7. The monoisotopic (exact) mass is 365 g/mol. The Morgan fingerprint density at radius 3 is 2.73 bits per heavy atom. The van der Waals surface area contributed by atoms with Gasteiger partial charge in [-0.3, -0.25) is 0 Å². The van der Waals surface area contributed by atoms with Crippen LogP contribution >= 0.6 is 0 Å². The third-order valence-electron chi connectivity index (χ3n) is 4.63. The van der Waals surface area contributed by atoms with Gasteiger partial charge in [0.1, 0.15) is 0 Å². The molecule has 1 fully saturated rings. The fourth-order valence-electron chi connectivity index (χ4n) is 3.22. The number of hydrogen-bond donors (Lipinski definition) is 3. The molecule has 1 aromatic carbocycles. The number of piperidine rings is 1. The van der Waals surface area contributed by atoms with Gasteiger partial charge in [0.15, 0.2) is 0 Å². The number of nitrogens with one attached hydrogen (secondary N) is 2. The highest BCUT2D eigenvalue weighted by molar-refractivity contribution is 5.52. The van der Waals surface area contributed by atoms with Gasteiger partial charge in [-0.25, -0.2) is 9.97 Å². The molecule has 2 atom stereocenters. The van der Waals surface area contributed by atoms with Crippen molar-refractivity contribution in [1.29, 1.82) is 0 Å². The van der Waals surface area contributed by atoms with Crippen molar-refractivity contribution in [1.82, 2.24) is 15.3 Å². The summed E-state index contributed by atoms with van der Waals surface area (Å²) in [6, 6.07) is 7.00. The Balaban J connectivity index is 1.96. The zero-order valence-corrected chi connectivity index (χ0v) is 14.5. The van der Waals surface area contributed by atoms with Crippen LogP contribution < -0.4 is 16.4 Å². The maximum absolute atomic E-state index is 13.5. The highest BCUT2D eigenvalue weighted by Gasteiger charge is 2.37. The van der Waals surface area contributed by atoms with Crippen molar-refractivity contribution in [3.8, 4) is 0 Å². The average Bonchev–Trinajstić information content (AvgIpc) is 2.61. The molecular formula is C18H22F3N5. The molecule has 2 heterocycles. The SMILES string of the molecule is CC(c1ccccc1N)c1nc(NC2CCCNC2)ncc1C(F)(F)F. The lowest BCUT2D eigenvalue weighted by Gasteiger charge is -2.25. The van der Waals surface area contributed by atoms with Crippen molar-refractivity contribution in [3.63, 3.8) is 0 Å². The van der Waals surface area contributed by atoms with Crippen LogP contribution in [0.1, 0.15) is 42.5 Å². The molecule has 0 spiro atoms. The normalized spacial score (nSPS) is 19.2. The Morgan fingerprint density at radius 1 is 1.31 bits per heavy atom. The Hall–Kier alpha value is -2.35. The van der Waals surface area contributed by atoms with Crippen LogP contribution in [0.5, 0.6) is 0 Å². The highest BCUT2D eigenvalue weighted by Crippen LogP contribution is 2.37. The molecule has 1 aliphatic rings. The standard InChI is InChI=1S/C18H22F3N5/c1-11(13-6-2-3-7-15(13)22)16-14(18(19,20)21)10-24-17(26-16)25-12-5-4-8-23-9-12/h2-3,6-7,10-12,23H,4-5,8-9,22H2,1H3,(H,24,25,26). The summed E-state index contributed by atoms with van der Waals surface area (Å²) >= 11 is 0. The van der Waals surface area contributed by atoms with E-state index in [0.717, 1.165) is 32.1 Å². The van der Waals surface area contributed by atoms with Crippen LogP contribution in [-0.2, 0) is 6.18 Å². The van der Waals surface area contributed by atoms with Gasteiger partial charge in [0.25, 0.3) is 0 Å². The van der Waals surface area contributed by atoms with Crippen LogP contribution in [0.25, 0.3) is 0 Å². The number of benzene rings is 1. The molecule has 2 aromatic rings. The van der Waals surface area contributed by atoms with Crippen molar-refractivity contribution >= 4 is 11.6 Å². The minimum absolute atomic E-state index is 0.0725. The number of nitrogen functional groups attached to an aromatic ring is 1. The van der Waals surface area contributed by atoms with Gasteiger partial charge < -0.3 is 16.4 Å². The first-order valence-corrected chi connectivity index (χ1v) is 8.62. The van der Waals surface area contributed by atoms with E-state index >= 15 is 0 Å². The van der Waals surface area contributed by atoms with Crippen LogP contribution in [0, 0.1) is 0 Å². The molecule has 1 aromatic heterocycles. The third kappa shape index (κ3) is 4.07. The number of halogens is 3. The Kier molecular flexibility index (Phi) is 5.31. The maximum Gasteiger partial charge on any atom is 0.419 e. The summed E-state index contributed by atoms with van der Waals surface area (Å²) in [5, 5.41) is 6.38. The number of para-hydroxylation sites is 1. The van der Waals surface area contributed by atoms with E-state index in [4.69, 9.17) is 5.73 Å². The molecule has 0 bridgehead atoms. The van der Waals surface area contributed by atoms with E-state index in [1.807, 2.05) is 0 Å². The van der Waals surface area contributed by atoms with Gasteiger partial charge in [0.2, 0.25) is 5.95 Å². The van der Waals surface area contributed by atoms with Gasteiger partial charge in [-0.05, 0) is 31.0 Å². The first kappa shape index (κ1) is 18.4. The second-order valence-corrected chi connectivity index (χ2v) is 6.53. The quantitative estimate of drug-likeness (QED) is 0.724. The first-order valence-electron chi connectivity index (χ1n) is 8.62. The molecule has 0 radical (unpaired) electrons. The van der Waals surface area contributed by atoms with Crippen LogP contribution in [0.3, 0.4) is 0 Å². The Morgan fingerprint density at radius 2 is 2.08 bits per heavy atom. The predicted octanol–water partition coefficient (Wildman–Crippen LogP) is 3.39. The van der Waals surface area contributed by atoms with Crippen LogP contribution in [0.15, 0.2) is 30.5 Å². The largest absolute Gasteiger partial charge is 0.419 e. The maximum atomic E-state index is 13.5. The molecule has 0 amide bonds. The topological polar surface area (TPSA) is 75.9 Å². The van der Waals surface area contributed by atoms with E-state index in [-0.39, 0.29) is 17.7 Å². The lowest BCUT2D eigenvalue weighted by Crippen LogP contribution is -2.39. The fraction of sp³-hybridized carbons (Fsp3) is 0.444. The summed E-state index contributed by atoms with van der Waals surface area (Å²) in [5.74, 6) is -0.399. The number of aromatic nitrogens is 2. The molecule has 1 aliphatic heterocycles. The molecule has 4 N–H and O–H groups in total. The van der Waals surface area contributed by atoms with E-state index in [9.17, 15) is 13.2 Å². The van der Waals surface area contributed by atoms with E-state index < -0.39 is 17.7 Å². The number of nitrogens with two attached hydrogens (primary N) is 1. The highest BCUT2D eigenvalue weighted by atomic mass is 19.4. The number of rotatable bonds is 4. The van der Waals surface area contributed by atoms with Gasteiger partial charge >= 0.3 is 6.18 Å². The van der Waals surface area contributed by atoms with Gasteiger partial charge in [0, 0.05) is 30.4 Å². The van der Waals surface area contributed by atoms with Crippen molar-refractivity contribution in [2.45, 2.75) is 37.9 Å². The molecule has 3 rings (SSSR count). The van der Waals surface area contributed by atoms with Gasteiger partial charge in [-0.15, -0.1) is 0 Å².